The lowest BCUT2D eigenvalue weighted by molar-refractivity contribution is 0.0708. The van der Waals surface area contributed by atoms with Crippen molar-refractivity contribution in [3.8, 4) is 6.07 Å². The molecule has 0 heterocycles. The molecule has 0 aromatic rings. The zero-order chi connectivity index (χ0) is 10.6. The van der Waals surface area contributed by atoms with Gasteiger partial charge in [0.05, 0.1) is 18.6 Å². The van der Waals surface area contributed by atoms with Crippen LogP contribution in [0, 0.1) is 11.3 Å². The molecule has 14 heavy (non-hydrogen) atoms. The predicted octanol–water partition coefficient (Wildman–Crippen LogP) is 1.52. The summed E-state index contributed by atoms with van der Waals surface area (Å²) in [5.74, 6) is 0. The maximum absolute atomic E-state index is 9.38. The molecule has 0 aromatic heterocycles. The lowest BCUT2D eigenvalue weighted by Gasteiger charge is -2.36. The quantitative estimate of drug-likeness (QED) is 0.744. The first-order valence-electron chi connectivity index (χ1n) is 5.42. The van der Waals surface area contributed by atoms with Crippen LogP contribution in [0.1, 0.15) is 39.0 Å². The molecule has 1 aliphatic carbocycles. The van der Waals surface area contributed by atoms with Crippen LogP contribution in [0.25, 0.3) is 0 Å². The summed E-state index contributed by atoms with van der Waals surface area (Å²) in [7, 11) is 2.09. The van der Waals surface area contributed by atoms with Crippen molar-refractivity contribution in [3.63, 3.8) is 0 Å². The Morgan fingerprint density at radius 1 is 1.43 bits per heavy atom. The van der Waals surface area contributed by atoms with E-state index in [1.807, 2.05) is 0 Å². The minimum atomic E-state index is -0.0917. The van der Waals surface area contributed by atoms with Gasteiger partial charge in [0.15, 0.2) is 0 Å². The molecule has 0 spiro atoms. The average molecular weight is 196 g/mol. The third kappa shape index (κ3) is 2.97. The Balaban J connectivity index is 2.37. The van der Waals surface area contributed by atoms with Crippen LogP contribution in [0.15, 0.2) is 0 Å². The van der Waals surface area contributed by atoms with Crippen molar-refractivity contribution < 1.29 is 5.11 Å². The summed E-state index contributed by atoms with van der Waals surface area (Å²) in [6.07, 6.45) is 4.45. The third-order valence-electron chi connectivity index (χ3n) is 3.32. The molecule has 1 unspecified atom stereocenters. The normalized spacial score (nSPS) is 29.9. The largest absolute Gasteiger partial charge is 0.393 e. The van der Waals surface area contributed by atoms with E-state index in [9.17, 15) is 5.11 Å². The summed E-state index contributed by atoms with van der Waals surface area (Å²) in [6.45, 7) is 2.09. The molecule has 0 aliphatic heterocycles. The molecule has 1 aliphatic rings. The molecule has 0 aromatic carbocycles. The molecule has 3 nitrogen and oxygen atoms in total. The summed E-state index contributed by atoms with van der Waals surface area (Å²) < 4.78 is 0. The van der Waals surface area contributed by atoms with Gasteiger partial charge in [0.25, 0.3) is 0 Å². The predicted molar refractivity (Wildman–Crippen MR) is 55.7 cm³/mol. The van der Waals surface area contributed by atoms with Gasteiger partial charge in [0, 0.05) is 12.1 Å². The minimum absolute atomic E-state index is 0.0917. The van der Waals surface area contributed by atoms with Gasteiger partial charge in [-0.15, -0.1) is 0 Å². The Bertz CT molecular complexity index is 204. The van der Waals surface area contributed by atoms with Gasteiger partial charge in [0.1, 0.15) is 0 Å². The summed E-state index contributed by atoms with van der Waals surface area (Å²) in [5.41, 5.74) is 0. The number of aliphatic hydroxyl groups is 1. The highest BCUT2D eigenvalue weighted by Gasteiger charge is 2.24. The molecule has 0 amide bonds. The van der Waals surface area contributed by atoms with E-state index in [0.717, 1.165) is 25.7 Å². The van der Waals surface area contributed by atoms with Gasteiger partial charge in [-0.3, -0.25) is 4.90 Å². The fraction of sp³-hybridized carbons (Fsp3) is 0.909. The van der Waals surface area contributed by atoms with Crippen molar-refractivity contribution in [2.24, 2.45) is 0 Å². The smallest absolute Gasteiger partial charge is 0.0638 e. The fourth-order valence-electron chi connectivity index (χ4n) is 2.10. The lowest BCUT2D eigenvalue weighted by Crippen LogP contribution is -2.41. The Labute approximate surface area is 86.3 Å². The van der Waals surface area contributed by atoms with E-state index in [4.69, 9.17) is 5.26 Å². The lowest BCUT2D eigenvalue weighted by atomic mass is 9.91. The van der Waals surface area contributed by atoms with Crippen molar-refractivity contribution in [2.75, 3.05) is 7.05 Å². The van der Waals surface area contributed by atoms with Crippen LogP contribution in [0.4, 0.5) is 0 Å². The molecule has 0 bridgehead atoms. The molecule has 80 valence electrons. The number of hydrogen-bond donors (Lipinski definition) is 1. The maximum Gasteiger partial charge on any atom is 0.0638 e. The third-order valence-corrected chi connectivity index (χ3v) is 3.32. The van der Waals surface area contributed by atoms with Crippen LogP contribution in [-0.2, 0) is 0 Å². The molecule has 3 heteroatoms. The SMILES string of the molecule is CC(CC#N)N(C)C1CCC(O)CC1. The molecule has 1 N–H and O–H groups in total. The number of nitrogens with zero attached hydrogens (tertiary/aromatic N) is 2. The second kappa shape index (κ2) is 5.33. The van der Waals surface area contributed by atoms with Crippen molar-refractivity contribution in [2.45, 2.75) is 57.2 Å². The average Bonchev–Trinajstić information content (AvgIpc) is 2.18. The Morgan fingerprint density at radius 3 is 2.50 bits per heavy atom. The maximum atomic E-state index is 9.38. The molecule has 1 atom stereocenters. The van der Waals surface area contributed by atoms with E-state index in [1.54, 1.807) is 0 Å². The van der Waals surface area contributed by atoms with E-state index in [-0.39, 0.29) is 6.10 Å². The van der Waals surface area contributed by atoms with Gasteiger partial charge in [-0.1, -0.05) is 0 Å². The van der Waals surface area contributed by atoms with E-state index in [0.29, 0.717) is 18.5 Å². The highest BCUT2D eigenvalue weighted by molar-refractivity contribution is 4.84. The Kier molecular flexibility index (Phi) is 4.37. The van der Waals surface area contributed by atoms with Gasteiger partial charge in [-0.05, 0) is 39.7 Å². The summed E-state index contributed by atoms with van der Waals surface area (Å²) in [5, 5.41) is 18.0. The van der Waals surface area contributed by atoms with E-state index >= 15 is 0 Å². The molecule has 1 saturated carbocycles. The first-order chi connectivity index (χ1) is 6.65. The van der Waals surface area contributed by atoms with Crippen LogP contribution in [0.5, 0.6) is 0 Å². The summed E-state index contributed by atoms with van der Waals surface area (Å²) in [6, 6.07) is 3.10. The number of aliphatic hydroxyl groups excluding tert-OH is 1. The van der Waals surface area contributed by atoms with E-state index in [1.165, 1.54) is 0 Å². The van der Waals surface area contributed by atoms with Crippen molar-refractivity contribution in [3.05, 3.63) is 0 Å². The molecular weight excluding hydrogens is 176 g/mol. The molecule has 1 rings (SSSR count). The van der Waals surface area contributed by atoms with E-state index in [2.05, 4.69) is 24.9 Å². The second-order valence-electron chi connectivity index (χ2n) is 4.34. The van der Waals surface area contributed by atoms with E-state index < -0.39 is 0 Å². The minimum Gasteiger partial charge on any atom is -0.393 e. The van der Waals surface area contributed by atoms with Gasteiger partial charge in [-0.25, -0.2) is 0 Å². The van der Waals surface area contributed by atoms with Crippen molar-refractivity contribution >= 4 is 0 Å². The zero-order valence-electron chi connectivity index (χ0n) is 9.11. The highest BCUT2D eigenvalue weighted by Crippen LogP contribution is 2.23. The topological polar surface area (TPSA) is 47.3 Å². The fourth-order valence-corrected chi connectivity index (χ4v) is 2.10. The second-order valence-corrected chi connectivity index (χ2v) is 4.34. The van der Waals surface area contributed by atoms with Crippen LogP contribution >= 0.6 is 0 Å². The number of nitriles is 1. The first-order valence-corrected chi connectivity index (χ1v) is 5.42. The van der Waals surface area contributed by atoms with Crippen molar-refractivity contribution in [1.29, 1.82) is 5.26 Å². The zero-order valence-corrected chi connectivity index (χ0v) is 9.11. The molecule has 0 saturated heterocycles. The van der Waals surface area contributed by atoms with Crippen LogP contribution in [0.3, 0.4) is 0 Å². The molecule has 1 fully saturated rings. The summed E-state index contributed by atoms with van der Waals surface area (Å²) >= 11 is 0. The monoisotopic (exact) mass is 196 g/mol. The van der Waals surface area contributed by atoms with Gasteiger partial charge in [0.2, 0.25) is 0 Å². The van der Waals surface area contributed by atoms with Gasteiger partial charge in [-0.2, -0.15) is 5.26 Å². The molecular formula is C11H20N2O. The number of hydrogen-bond acceptors (Lipinski definition) is 3. The highest BCUT2D eigenvalue weighted by atomic mass is 16.3. The Morgan fingerprint density at radius 2 is 2.00 bits per heavy atom. The van der Waals surface area contributed by atoms with Gasteiger partial charge >= 0.3 is 0 Å². The van der Waals surface area contributed by atoms with Crippen LogP contribution in [0.2, 0.25) is 0 Å². The summed E-state index contributed by atoms with van der Waals surface area (Å²) in [4.78, 5) is 2.29. The molecule has 0 radical (unpaired) electrons. The standard InChI is InChI=1S/C11H20N2O/c1-9(7-8-12)13(2)10-3-5-11(14)6-4-10/h9-11,14H,3-7H2,1-2H3. The number of rotatable bonds is 3. The first kappa shape index (κ1) is 11.5. The van der Waals surface area contributed by atoms with Crippen LogP contribution in [-0.4, -0.2) is 35.2 Å². The Hall–Kier alpha value is -0.590. The van der Waals surface area contributed by atoms with Crippen molar-refractivity contribution in [1.82, 2.24) is 4.90 Å². The van der Waals surface area contributed by atoms with Gasteiger partial charge < -0.3 is 5.11 Å². The van der Waals surface area contributed by atoms with Crippen LogP contribution < -0.4 is 0 Å².